The van der Waals surface area contributed by atoms with Gasteiger partial charge in [0.2, 0.25) is 0 Å². The molecule has 0 radical (unpaired) electrons. The van der Waals surface area contributed by atoms with E-state index in [2.05, 4.69) is 24.1 Å². The number of anilines is 1. The number of aryl methyl sites for hydroxylation is 1. The van der Waals surface area contributed by atoms with Crippen LogP contribution in [0.5, 0.6) is 5.75 Å². The lowest BCUT2D eigenvalue weighted by atomic mass is 10.0. The molecule has 1 aliphatic heterocycles. The smallest absolute Gasteiger partial charge is 0.127 e. The number of benzene rings is 1. The summed E-state index contributed by atoms with van der Waals surface area (Å²) in [6, 6.07) is 4.43. The van der Waals surface area contributed by atoms with Gasteiger partial charge in [0.25, 0.3) is 0 Å². The Morgan fingerprint density at radius 1 is 1.35 bits per heavy atom. The number of ether oxygens (including phenoxy) is 1. The molecule has 0 aliphatic carbocycles. The van der Waals surface area contributed by atoms with Crippen LogP contribution in [0.2, 0.25) is 0 Å². The van der Waals surface area contributed by atoms with E-state index in [4.69, 9.17) is 10.5 Å². The van der Waals surface area contributed by atoms with E-state index in [1.54, 1.807) is 7.11 Å². The summed E-state index contributed by atoms with van der Waals surface area (Å²) in [6.07, 6.45) is 4.39. The highest BCUT2D eigenvalue weighted by atomic mass is 16.5. The number of methoxy groups -OCH3 is 1. The Kier molecular flexibility index (Phi) is 3.89. The van der Waals surface area contributed by atoms with Gasteiger partial charge >= 0.3 is 0 Å². The third kappa shape index (κ3) is 2.39. The maximum absolute atomic E-state index is 5.61. The molecule has 0 unspecified atom stereocenters. The molecule has 0 fully saturated rings. The standard InChI is InChI=1S/C14H22N2O/c1-16-10-8-12-13(16)7-6-11(14(12)17-2)5-3-4-9-15/h6-7H,3-5,8-10,15H2,1-2H3. The van der Waals surface area contributed by atoms with Crippen molar-refractivity contribution in [3.63, 3.8) is 0 Å². The average Bonchev–Trinajstić information content (AvgIpc) is 2.71. The second-order valence-corrected chi connectivity index (χ2v) is 4.67. The summed E-state index contributed by atoms with van der Waals surface area (Å²) in [6.45, 7) is 1.87. The van der Waals surface area contributed by atoms with E-state index in [0.29, 0.717) is 0 Å². The zero-order valence-corrected chi connectivity index (χ0v) is 10.8. The Balaban J connectivity index is 2.23. The molecule has 0 atom stereocenters. The van der Waals surface area contributed by atoms with Crippen LogP contribution in [0.3, 0.4) is 0 Å². The number of rotatable bonds is 5. The lowest BCUT2D eigenvalue weighted by molar-refractivity contribution is 0.405. The lowest BCUT2D eigenvalue weighted by Crippen LogP contribution is -2.12. The van der Waals surface area contributed by atoms with Crippen LogP contribution in [-0.4, -0.2) is 27.2 Å². The summed E-state index contributed by atoms with van der Waals surface area (Å²) in [7, 11) is 3.92. The van der Waals surface area contributed by atoms with Crippen LogP contribution in [0, 0.1) is 0 Å². The minimum Gasteiger partial charge on any atom is -0.496 e. The molecule has 1 aliphatic rings. The summed E-state index contributed by atoms with van der Waals surface area (Å²) in [4.78, 5) is 2.29. The lowest BCUT2D eigenvalue weighted by Gasteiger charge is -2.16. The first-order valence-corrected chi connectivity index (χ1v) is 6.38. The van der Waals surface area contributed by atoms with Gasteiger partial charge in [-0.05, 0) is 43.9 Å². The second kappa shape index (κ2) is 5.41. The number of unbranched alkanes of at least 4 members (excludes halogenated alkanes) is 1. The molecule has 2 N–H and O–H groups in total. The summed E-state index contributed by atoms with van der Waals surface area (Å²) in [5.41, 5.74) is 9.56. The molecule has 0 amide bonds. The quantitative estimate of drug-likeness (QED) is 0.792. The predicted octanol–water partition coefficient (Wildman–Crippen LogP) is 1.97. The number of nitrogens with two attached hydrogens (primary N) is 1. The van der Waals surface area contributed by atoms with Crippen molar-refractivity contribution in [2.75, 3.05) is 32.1 Å². The number of likely N-dealkylation sites (N-methyl/N-ethyl adjacent to an activating group) is 1. The Labute approximate surface area is 104 Å². The molecule has 1 heterocycles. The zero-order valence-electron chi connectivity index (χ0n) is 10.8. The molecule has 1 aromatic rings. The van der Waals surface area contributed by atoms with Gasteiger partial charge in [-0.25, -0.2) is 0 Å². The molecule has 17 heavy (non-hydrogen) atoms. The predicted molar refractivity (Wildman–Crippen MR) is 72.0 cm³/mol. The van der Waals surface area contributed by atoms with E-state index in [0.717, 1.165) is 44.5 Å². The van der Waals surface area contributed by atoms with E-state index in [9.17, 15) is 0 Å². The molecule has 2 rings (SSSR count). The van der Waals surface area contributed by atoms with Crippen LogP contribution < -0.4 is 15.4 Å². The maximum atomic E-state index is 5.61. The fourth-order valence-corrected chi connectivity index (χ4v) is 2.58. The molecule has 0 aromatic heterocycles. The molecule has 0 saturated carbocycles. The summed E-state index contributed by atoms with van der Waals surface area (Å²) < 4.78 is 5.61. The van der Waals surface area contributed by atoms with Crippen LogP contribution in [0.15, 0.2) is 12.1 Å². The van der Waals surface area contributed by atoms with Gasteiger partial charge in [0.15, 0.2) is 0 Å². The van der Waals surface area contributed by atoms with Crippen LogP contribution in [-0.2, 0) is 12.8 Å². The molecular formula is C14H22N2O. The highest BCUT2D eigenvalue weighted by Gasteiger charge is 2.21. The minimum absolute atomic E-state index is 0.774. The topological polar surface area (TPSA) is 38.5 Å². The van der Waals surface area contributed by atoms with Gasteiger partial charge in [-0.2, -0.15) is 0 Å². The largest absolute Gasteiger partial charge is 0.496 e. The highest BCUT2D eigenvalue weighted by molar-refractivity contribution is 5.65. The van der Waals surface area contributed by atoms with Crippen molar-refractivity contribution in [2.24, 2.45) is 5.73 Å². The van der Waals surface area contributed by atoms with Crippen molar-refractivity contribution < 1.29 is 4.74 Å². The summed E-state index contributed by atoms with van der Waals surface area (Å²) >= 11 is 0. The first kappa shape index (κ1) is 12.2. The fraction of sp³-hybridized carbons (Fsp3) is 0.571. The Morgan fingerprint density at radius 2 is 2.18 bits per heavy atom. The number of nitrogens with zero attached hydrogens (tertiary/aromatic N) is 1. The molecule has 3 heteroatoms. The molecule has 0 spiro atoms. The third-order valence-corrected chi connectivity index (χ3v) is 3.53. The Hall–Kier alpha value is -1.22. The van der Waals surface area contributed by atoms with Crippen LogP contribution in [0.25, 0.3) is 0 Å². The van der Waals surface area contributed by atoms with Crippen molar-refractivity contribution in [3.05, 3.63) is 23.3 Å². The van der Waals surface area contributed by atoms with Gasteiger partial charge in [-0.3, -0.25) is 0 Å². The number of hydrogen-bond acceptors (Lipinski definition) is 3. The molecule has 94 valence electrons. The van der Waals surface area contributed by atoms with E-state index in [1.165, 1.54) is 16.8 Å². The van der Waals surface area contributed by atoms with Gasteiger partial charge in [0.05, 0.1) is 7.11 Å². The van der Waals surface area contributed by atoms with E-state index in [1.807, 2.05) is 0 Å². The fourth-order valence-electron chi connectivity index (χ4n) is 2.58. The number of fused-ring (bicyclic) bond motifs is 1. The second-order valence-electron chi connectivity index (χ2n) is 4.67. The van der Waals surface area contributed by atoms with Gasteiger partial charge < -0.3 is 15.4 Å². The Morgan fingerprint density at radius 3 is 2.88 bits per heavy atom. The number of hydrogen-bond donors (Lipinski definition) is 1. The van der Waals surface area contributed by atoms with Crippen LogP contribution >= 0.6 is 0 Å². The highest BCUT2D eigenvalue weighted by Crippen LogP contribution is 2.37. The maximum Gasteiger partial charge on any atom is 0.127 e. The Bertz CT molecular complexity index is 390. The van der Waals surface area contributed by atoms with Crippen molar-refractivity contribution in [1.29, 1.82) is 0 Å². The first-order valence-electron chi connectivity index (χ1n) is 6.38. The van der Waals surface area contributed by atoms with Gasteiger partial charge in [-0.15, -0.1) is 0 Å². The van der Waals surface area contributed by atoms with Crippen molar-refractivity contribution in [3.8, 4) is 5.75 Å². The third-order valence-electron chi connectivity index (χ3n) is 3.53. The molecule has 1 aromatic carbocycles. The first-order chi connectivity index (χ1) is 8.27. The van der Waals surface area contributed by atoms with Gasteiger partial charge in [0, 0.05) is 24.8 Å². The summed E-state index contributed by atoms with van der Waals surface area (Å²) in [5.74, 6) is 1.10. The normalized spacial score (nSPS) is 13.9. The molecule has 3 nitrogen and oxygen atoms in total. The summed E-state index contributed by atoms with van der Waals surface area (Å²) in [5, 5.41) is 0. The van der Waals surface area contributed by atoms with Crippen LogP contribution in [0.1, 0.15) is 24.0 Å². The van der Waals surface area contributed by atoms with Crippen molar-refractivity contribution >= 4 is 5.69 Å². The van der Waals surface area contributed by atoms with E-state index in [-0.39, 0.29) is 0 Å². The SMILES string of the molecule is COc1c(CCCCN)ccc2c1CCN2C. The monoisotopic (exact) mass is 234 g/mol. The van der Waals surface area contributed by atoms with Crippen molar-refractivity contribution in [2.45, 2.75) is 25.7 Å². The van der Waals surface area contributed by atoms with Crippen molar-refractivity contribution in [1.82, 2.24) is 0 Å². The van der Waals surface area contributed by atoms with E-state index < -0.39 is 0 Å². The minimum atomic E-state index is 0.774. The average molecular weight is 234 g/mol. The molecular weight excluding hydrogens is 212 g/mol. The zero-order chi connectivity index (χ0) is 12.3. The van der Waals surface area contributed by atoms with Gasteiger partial charge in [0.1, 0.15) is 5.75 Å². The van der Waals surface area contributed by atoms with Crippen LogP contribution in [0.4, 0.5) is 5.69 Å². The molecule has 0 saturated heterocycles. The molecule has 0 bridgehead atoms. The van der Waals surface area contributed by atoms with Gasteiger partial charge in [-0.1, -0.05) is 6.07 Å². The van der Waals surface area contributed by atoms with E-state index >= 15 is 0 Å².